The smallest absolute Gasteiger partial charge is 0.251 e. The average molecular weight is 439 g/mol. The molecule has 0 radical (unpaired) electrons. The molecule has 1 aromatic carbocycles. The second kappa shape index (κ2) is 8.20. The Bertz CT molecular complexity index is 1090. The first kappa shape index (κ1) is 19.8. The van der Waals surface area contributed by atoms with E-state index in [1.807, 2.05) is 23.6 Å². The van der Waals surface area contributed by atoms with Gasteiger partial charge in [-0.25, -0.2) is 4.90 Å². The number of tetrazole rings is 1. The molecule has 10 heteroatoms. The number of likely N-dealkylation sites (tertiary alicyclic amines) is 1. The van der Waals surface area contributed by atoms with E-state index in [0.717, 1.165) is 17.7 Å². The molecule has 2 aliphatic rings. The van der Waals surface area contributed by atoms with Crippen LogP contribution in [-0.4, -0.2) is 63.2 Å². The van der Waals surface area contributed by atoms with Gasteiger partial charge in [0.15, 0.2) is 0 Å². The third-order valence-corrected chi connectivity index (χ3v) is 6.75. The van der Waals surface area contributed by atoms with Gasteiger partial charge in [0.2, 0.25) is 11.7 Å². The Morgan fingerprint density at radius 1 is 1.10 bits per heavy atom. The van der Waals surface area contributed by atoms with Crippen LogP contribution in [0.15, 0.2) is 41.8 Å². The zero-order chi connectivity index (χ0) is 21.4. The van der Waals surface area contributed by atoms with Crippen molar-refractivity contribution in [3.05, 3.63) is 41.8 Å². The number of piperidine rings is 1. The Balaban J connectivity index is 1.26. The van der Waals surface area contributed by atoms with E-state index in [1.54, 1.807) is 34.3 Å². The van der Waals surface area contributed by atoms with Crippen molar-refractivity contribution < 1.29 is 14.3 Å². The van der Waals surface area contributed by atoms with E-state index in [9.17, 15) is 9.59 Å². The van der Waals surface area contributed by atoms with Crippen LogP contribution >= 0.6 is 11.3 Å². The number of hydrogen-bond donors (Lipinski definition) is 0. The number of rotatable bonds is 5. The van der Waals surface area contributed by atoms with Crippen molar-refractivity contribution in [2.24, 2.45) is 0 Å². The maximum absolute atomic E-state index is 13.1. The average Bonchev–Trinajstić information content (AvgIpc) is 3.54. The van der Waals surface area contributed by atoms with Crippen LogP contribution < -0.4 is 9.64 Å². The zero-order valence-electron chi connectivity index (χ0n) is 17.0. The first-order valence-electron chi connectivity index (χ1n) is 10.2. The highest BCUT2D eigenvalue weighted by Crippen LogP contribution is 2.34. The van der Waals surface area contributed by atoms with E-state index in [-0.39, 0.29) is 24.3 Å². The lowest BCUT2D eigenvalue weighted by molar-refractivity contribution is -0.123. The molecular weight excluding hydrogens is 416 g/mol. The SMILES string of the molecule is COc1ccccc1N1C(=O)C[C@@H](N2CCC(n3nnc(-c4cccs4)n3)CC2)C1=O. The van der Waals surface area contributed by atoms with Gasteiger partial charge in [-0.15, -0.1) is 21.5 Å². The Kier molecular flexibility index (Phi) is 5.24. The van der Waals surface area contributed by atoms with Crippen molar-refractivity contribution in [2.75, 3.05) is 25.1 Å². The highest BCUT2D eigenvalue weighted by atomic mass is 32.1. The molecule has 0 aliphatic carbocycles. The lowest BCUT2D eigenvalue weighted by atomic mass is 10.0. The molecule has 1 atom stereocenters. The lowest BCUT2D eigenvalue weighted by Crippen LogP contribution is -2.46. The standard InChI is InChI=1S/C21H22N6O3S/c1-30-17-6-3-2-5-15(17)26-19(28)13-16(21(26)29)25-10-8-14(9-11-25)27-23-20(22-24-27)18-7-4-12-31-18/h2-7,12,14,16H,8-11,13H2,1H3/t16-/m1/s1. The number of amides is 2. The Labute approximate surface area is 183 Å². The van der Waals surface area contributed by atoms with Gasteiger partial charge in [0, 0.05) is 13.1 Å². The molecule has 9 nitrogen and oxygen atoms in total. The minimum Gasteiger partial charge on any atom is -0.495 e. The Morgan fingerprint density at radius 2 is 1.90 bits per heavy atom. The van der Waals surface area contributed by atoms with Crippen molar-refractivity contribution in [2.45, 2.75) is 31.3 Å². The van der Waals surface area contributed by atoms with Crippen LogP contribution in [-0.2, 0) is 9.59 Å². The minimum atomic E-state index is -0.441. The normalized spacial score (nSPS) is 20.5. The summed E-state index contributed by atoms with van der Waals surface area (Å²) in [6, 6.07) is 10.7. The number of benzene rings is 1. The number of carbonyl (C=O) groups excluding carboxylic acids is 2. The summed E-state index contributed by atoms with van der Waals surface area (Å²) in [5, 5.41) is 14.9. The maximum Gasteiger partial charge on any atom is 0.251 e. The van der Waals surface area contributed by atoms with Gasteiger partial charge < -0.3 is 4.74 Å². The van der Waals surface area contributed by atoms with E-state index in [2.05, 4.69) is 20.3 Å². The lowest BCUT2D eigenvalue weighted by Gasteiger charge is -2.34. The molecule has 31 heavy (non-hydrogen) atoms. The van der Waals surface area contributed by atoms with Crippen molar-refractivity contribution in [3.8, 4) is 16.5 Å². The molecule has 4 heterocycles. The molecule has 0 unspecified atom stereocenters. The molecule has 2 aromatic heterocycles. The summed E-state index contributed by atoms with van der Waals surface area (Å²) in [7, 11) is 1.54. The van der Waals surface area contributed by atoms with Crippen molar-refractivity contribution >= 4 is 28.8 Å². The van der Waals surface area contributed by atoms with Crippen molar-refractivity contribution in [1.82, 2.24) is 25.1 Å². The maximum atomic E-state index is 13.1. The number of aromatic nitrogens is 4. The Hall–Kier alpha value is -3.11. The van der Waals surface area contributed by atoms with Crippen molar-refractivity contribution in [3.63, 3.8) is 0 Å². The number of hydrogen-bond acceptors (Lipinski definition) is 8. The summed E-state index contributed by atoms with van der Waals surface area (Å²) >= 11 is 1.58. The molecule has 160 valence electrons. The Morgan fingerprint density at radius 3 is 2.65 bits per heavy atom. The number of para-hydroxylation sites is 2. The van der Waals surface area contributed by atoms with Crippen LogP contribution in [0.3, 0.4) is 0 Å². The van der Waals surface area contributed by atoms with Crippen LogP contribution in [0.1, 0.15) is 25.3 Å². The third-order valence-electron chi connectivity index (χ3n) is 5.89. The van der Waals surface area contributed by atoms with E-state index >= 15 is 0 Å². The van der Waals surface area contributed by atoms with Gasteiger partial charge in [-0.2, -0.15) is 4.80 Å². The fraction of sp³-hybridized carbons (Fsp3) is 0.381. The quantitative estimate of drug-likeness (QED) is 0.565. The summed E-state index contributed by atoms with van der Waals surface area (Å²) in [6.45, 7) is 1.40. The molecule has 0 N–H and O–H groups in total. The van der Waals surface area contributed by atoms with Gasteiger partial charge in [-0.1, -0.05) is 18.2 Å². The van der Waals surface area contributed by atoms with Gasteiger partial charge >= 0.3 is 0 Å². The molecule has 0 spiro atoms. The monoisotopic (exact) mass is 438 g/mol. The number of nitrogens with zero attached hydrogens (tertiary/aromatic N) is 6. The number of ether oxygens (including phenoxy) is 1. The van der Waals surface area contributed by atoms with E-state index < -0.39 is 6.04 Å². The van der Waals surface area contributed by atoms with Gasteiger partial charge in [-0.05, 0) is 41.6 Å². The fourth-order valence-electron chi connectivity index (χ4n) is 4.28. The fourth-order valence-corrected chi connectivity index (χ4v) is 4.93. The first-order chi connectivity index (χ1) is 15.2. The number of methoxy groups -OCH3 is 1. The van der Waals surface area contributed by atoms with Crippen molar-refractivity contribution in [1.29, 1.82) is 0 Å². The predicted molar refractivity (Wildman–Crippen MR) is 115 cm³/mol. The predicted octanol–water partition coefficient (Wildman–Crippen LogP) is 2.38. The van der Waals surface area contributed by atoms with Crippen LogP contribution in [0.25, 0.3) is 10.7 Å². The van der Waals surface area contributed by atoms with Crippen LogP contribution in [0.2, 0.25) is 0 Å². The molecular formula is C21H22N6O3S. The summed E-state index contributed by atoms with van der Waals surface area (Å²) in [5.41, 5.74) is 0.505. The topological polar surface area (TPSA) is 93.4 Å². The molecule has 0 bridgehead atoms. The molecule has 5 rings (SSSR count). The van der Waals surface area contributed by atoms with Crippen LogP contribution in [0.5, 0.6) is 5.75 Å². The molecule has 2 fully saturated rings. The van der Waals surface area contributed by atoms with E-state index in [0.29, 0.717) is 30.4 Å². The molecule has 2 saturated heterocycles. The van der Waals surface area contributed by atoms with Crippen LogP contribution in [0.4, 0.5) is 5.69 Å². The molecule has 0 saturated carbocycles. The van der Waals surface area contributed by atoms with Crippen LogP contribution in [0, 0.1) is 0 Å². The summed E-state index contributed by atoms with van der Waals surface area (Å²) in [5.74, 6) is 0.774. The number of imide groups is 1. The summed E-state index contributed by atoms with van der Waals surface area (Å²) in [6.07, 6.45) is 1.78. The second-order valence-electron chi connectivity index (χ2n) is 7.64. The second-order valence-corrected chi connectivity index (χ2v) is 8.58. The number of anilines is 1. The van der Waals surface area contributed by atoms with Gasteiger partial charge in [0.1, 0.15) is 5.75 Å². The summed E-state index contributed by atoms with van der Waals surface area (Å²) < 4.78 is 5.35. The molecule has 2 amide bonds. The van der Waals surface area contributed by atoms with Gasteiger partial charge in [-0.3, -0.25) is 14.5 Å². The summed E-state index contributed by atoms with van der Waals surface area (Å²) in [4.78, 5) is 31.9. The number of carbonyl (C=O) groups is 2. The first-order valence-corrected chi connectivity index (χ1v) is 11.1. The number of thiophene rings is 1. The van der Waals surface area contributed by atoms with Gasteiger partial charge in [0.05, 0.1) is 36.2 Å². The highest BCUT2D eigenvalue weighted by Gasteiger charge is 2.44. The minimum absolute atomic E-state index is 0.134. The van der Waals surface area contributed by atoms with Gasteiger partial charge in [0.25, 0.3) is 5.91 Å². The van der Waals surface area contributed by atoms with E-state index in [4.69, 9.17) is 4.74 Å². The molecule has 3 aromatic rings. The molecule has 2 aliphatic heterocycles. The third kappa shape index (κ3) is 3.61. The van der Waals surface area contributed by atoms with E-state index in [1.165, 1.54) is 12.0 Å². The highest BCUT2D eigenvalue weighted by molar-refractivity contribution is 7.13. The largest absolute Gasteiger partial charge is 0.495 e. The zero-order valence-corrected chi connectivity index (χ0v) is 17.9.